The average molecular weight is 269 g/mol. The van der Waals surface area contributed by atoms with Crippen LogP contribution in [0.4, 0.5) is 5.82 Å². The normalized spacial score (nSPS) is 15.7. The molecule has 0 radical (unpaired) electrons. The van der Waals surface area contributed by atoms with Gasteiger partial charge in [-0.3, -0.25) is 0 Å². The third-order valence-corrected chi connectivity index (χ3v) is 3.25. The van der Waals surface area contributed by atoms with Crippen molar-refractivity contribution in [2.45, 2.75) is 32.7 Å². The molecule has 15 heavy (non-hydrogen) atoms. The van der Waals surface area contributed by atoms with E-state index in [9.17, 15) is 0 Å². The molecular weight excluding hydrogens is 252 g/mol. The lowest BCUT2D eigenvalue weighted by atomic mass is 10.2. The van der Waals surface area contributed by atoms with E-state index in [0.717, 1.165) is 22.8 Å². The highest BCUT2D eigenvalue weighted by Gasteiger charge is 2.26. The van der Waals surface area contributed by atoms with Crippen LogP contribution in [0.5, 0.6) is 0 Å². The summed E-state index contributed by atoms with van der Waals surface area (Å²) < 4.78 is 1.04. The van der Waals surface area contributed by atoms with E-state index in [4.69, 9.17) is 0 Å². The highest BCUT2D eigenvalue weighted by Crippen LogP contribution is 2.31. The fraction of sp³-hybridized carbons (Fsp3) is 0.583. The fourth-order valence-corrected chi connectivity index (χ4v) is 1.92. The van der Waals surface area contributed by atoms with Crippen LogP contribution >= 0.6 is 15.9 Å². The smallest absolute Gasteiger partial charge is 0.128 e. The topological polar surface area (TPSA) is 16.1 Å². The number of aromatic nitrogens is 1. The maximum atomic E-state index is 4.46. The van der Waals surface area contributed by atoms with E-state index in [1.807, 2.05) is 6.20 Å². The third-order valence-electron chi connectivity index (χ3n) is 2.78. The Balaban J connectivity index is 2.11. The van der Waals surface area contributed by atoms with Crippen molar-refractivity contribution in [1.82, 2.24) is 4.98 Å². The van der Waals surface area contributed by atoms with Gasteiger partial charge in [0.25, 0.3) is 0 Å². The predicted molar refractivity (Wildman–Crippen MR) is 67.1 cm³/mol. The van der Waals surface area contributed by atoms with E-state index in [2.05, 4.69) is 51.8 Å². The first kappa shape index (κ1) is 10.9. The van der Waals surface area contributed by atoms with Crippen molar-refractivity contribution in [3.8, 4) is 0 Å². The second-order valence-electron chi connectivity index (χ2n) is 4.52. The van der Waals surface area contributed by atoms with Crippen LogP contribution in [-0.2, 0) is 0 Å². The highest BCUT2D eigenvalue weighted by molar-refractivity contribution is 9.10. The molecule has 3 heteroatoms. The first-order chi connectivity index (χ1) is 7.16. The molecule has 2 nitrogen and oxygen atoms in total. The number of hydrogen-bond acceptors (Lipinski definition) is 2. The molecule has 2 rings (SSSR count). The van der Waals surface area contributed by atoms with Crippen molar-refractivity contribution >= 4 is 21.7 Å². The molecule has 0 aromatic carbocycles. The SMILES string of the molecule is CC(C)N(CC1CC1)c1ccc(Br)cn1. The summed E-state index contributed by atoms with van der Waals surface area (Å²) in [6.07, 6.45) is 4.65. The van der Waals surface area contributed by atoms with Gasteiger partial charge in [-0.1, -0.05) is 0 Å². The summed E-state index contributed by atoms with van der Waals surface area (Å²) in [6.45, 7) is 5.62. The van der Waals surface area contributed by atoms with Crippen molar-refractivity contribution in [3.63, 3.8) is 0 Å². The van der Waals surface area contributed by atoms with Crippen LogP contribution in [0.2, 0.25) is 0 Å². The molecule has 0 aliphatic heterocycles. The van der Waals surface area contributed by atoms with Gasteiger partial charge < -0.3 is 4.90 Å². The predicted octanol–water partition coefficient (Wildman–Crippen LogP) is 3.47. The summed E-state index contributed by atoms with van der Waals surface area (Å²) in [6, 6.07) is 4.68. The molecule has 1 aromatic rings. The highest BCUT2D eigenvalue weighted by atomic mass is 79.9. The second kappa shape index (κ2) is 4.52. The minimum Gasteiger partial charge on any atom is -0.354 e. The van der Waals surface area contributed by atoms with Gasteiger partial charge in [-0.05, 0) is 60.7 Å². The monoisotopic (exact) mass is 268 g/mol. The number of halogens is 1. The van der Waals surface area contributed by atoms with Crippen LogP contribution in [0.3, 0.4) is 0 Å². The second-order valence-corrected chi connectivity index (χ2v) is 5.44. The van der Waals surface area contributed by atoms with E-state index in [-0.39, 0.29) is 0 Å². The first-order valence-corrected chi connectivity index (χ1v) is 6.34. The number of rotatable bonds is 4. The molecule has 1 heterocycles. The summed E-state index contributed by atoms with van der Waals surface area (Å²) in [7, 11) is 0. The zero-order chi connectivity index (χ0) is 10.8. The molecule has 1 aliphatic rings. The minimum atomic E-state index is 0.527. The van der Waals surface area contributed by atoms with Crippen molar-refractivity contribution in [3.05, 3.63) is 22.8 Å². The van der Waals surface area contributed by atoms with Crippen LogP contribution < -0.4 is 4.90 Å². The summed E-state index contributed by atoms with van der Waals surface area (Å²) in [5, 5.41) is 0. The summed E-state index contributed by atoms with van der Waals surface area (Å²) in [5.41, 5.74) is 0. The van der Waals surface area contributed by atoms with Gasteiger partial charge in [0.1, 0.15) is 5.82 Å². The van der Waals surface area contributed by atoms with Crippen molar-refractivity contribution < 1.29 is 0 Å². The van der Waals surface area contributed by atoms with Crippen LogP contribution in [0, 0.1) is 5.92 Å². The standard InChI is InChI=1S/C12H17BrN2/c1-9(2)15(8-10-3-4-10)12-6-5-11(13)7-14-12/h5-7,9-10H,3-4,8H2,1-2H3. The summed E-state index contributed by atoms with van der Waals surface area (Å²) >= 11 is 3.41. The number of anilines is 1. The Morgan fingerprint density at radius 2 is 2.20 bits per heavy atom. The van der Waals surface area contributed by atoms with Crippen LogP contribution in [0.25, 0.3) is 0 Å². The van der Waals surface area contributed by atoms with Gasteiger partial charge in [-0.15, -0.1) is 0 Å². The van der Waals surface area contributed by atoms with Gasteiger partial charge in [0.05, 0.1) is 0 Å². The lowest BCUT2D eigenvalue weighted by Gasteiger charge is -2.27. The van der Waals surface area contributed by atoms with Gasteiger partial charge in [0.2, 0.25) is 0 Å². The molecule has 0 N–H and O–H groups in total. The van der Waals surface area contributed by atoms with Crippen LogP contribution in [-0.4, -0.2) is 17.6 Å². The van der Waals surface area contributed by atoms with Gasteiger partial charge in [-0.2, -0.15) is 0 Å². The van der Waals surface area contributed by atoms with E-state index in [0.29, 0.717) is 6.04 Å². The Hall–Kier alpha value is -0.570. The molecule has 0 atom stereocenters. The van der Waals surface area contributed by atoms with E-state index < -0.39 is 0 Å². The van der Waals surface area contributed by atoms with Crippen molar-refractivity contribution in [2.75, 3.05) is 11.4 Å². The van der Waals surface area contributed by atoms with E-state index in [1.165, 1.54) is 12.8 Å². The Bertz CT molecular complexity index is 317. The number of pyridine rings is 1. The summed E-state index contributed by atoms with van der Waals surface area (Å²) in [4.78, 5) is 6.85. The molecule has 82 valence electrons. The van der Waals surface area contributed by atoms with Crippen LogP contribution in [0.15, 0.2) is 22.8 Å². The summed E-state index contributed by atoms with van der Waals surface area (Å²) in [5.74, 6) is 2.00. The molecule has 1 aromatic heterocycles. The molecular formula is C12H17BrN2. The van der Waals surface area contributed by atoms with Gasteiger partial charge in [0.15, 0.2) is 0 Å². The lowest BCUT2D eigenvalue weighted by molar-refractivity contribution is 0.636. The third kappa shape index (κ3) is 2.94. The zero-order valence-corrected chi connectivity index (χ0v) is 10.9. The van der Waals surface area contributed by atoms with Gasteiger partial charge >= 0.3 is 0 Å². The maximum Gasteiger partial charge on any atom is 0.128 e. The van der Waals surface area contributed by atoms with Crippen molar-refractivity contribution in [1.29, 1.82) is 0 Å². The van der Waals surface area contributed by atoms with Gasteiger partial charge in [-0.25, -0.2) is 4.98 Å². The fourth-order valence-electron chi connectivity index (χ4n) is 1.69. The Morgan fingerprint density at radius 1 is 1.47 bits per heavy atom. The van der Waals surface area contributed by atoms with E-state index >= 15 is 0 Å². The lowest BCUT2D eigenvalue weighted by Crippen LogP contribution is -2.33. The molecule has 0 unspecified atom stereocenters. The van der Waals surface area contributed by atoms with Gasteiger partial charge in [0, 0.05) is 23.3 Å². The number of hydrogen-bond donors (Lipinski definition) is 0. The zero-order valence-electron chi connectivity index (χ0n) is 9.28. The van der Waals surface area contributed by atoms with Crippen LogP contribution in [0.1, 0.15) is 26.7 Å². The van der Waals surface area contributed by atoms with Crippen molar-refractivity contribution in [2.24, 2.45) is 5.92 Å². The van der Waals surface area contributed by atoms with E-state index in [1.54, 1.807) is 0 Å². The Labute approximate surface area is 99.8 Å². The number of nitrogens with zero attached hydrogens (tertiary/aromatic N) is 2. The minimum absolute atomic E-state index is 0.527. The Morgan fingerprint density at radius 3 is 2.67 bits per heavy atom. The molecule has 1 aliphatic carbocycles. The quantitative estimate of drug-likeness (QED) is 0.832. The average Bonchev–Trinajstić information content (AvgIpc) is 2.99. The maximum absolute atomic E-state index is 4.46. The molecule has 1 fully saturated rings. The Kier molecular flexibility index (Phi) is 3.29. The molecule has 0 amide bonds. The molecule has 0 spiro atoms. The molecule has 1 saturated carbocycles. The molecule has 0 bridgehead atoms. The first-order valence-electron chi connectivity index (χ1n) is 5.55. The molecule has 0 saturated heterocycles. The largest absolute Gasteiger partial charge is 0.354 e.